The van der Waals surface area contributed by atoms with E-state index in [1.165, 1.54) is 12.1 Å². The average molecular weight is 387 g/mol. The van der Waals surface area contributed by atoms with Crippen LogP contribution in [0, 0.1) is 0 Å². The van der Waals surface area contributed by atoms with Crippen LogP contribution < -0.4 is 10.1 Å². The molecule has 0 saturated carbocycles. The number of hydrogen-bond donors (Lipinski definition) is 1. The molecule has 2 rings (SSSR count). The van der Waals surface area contributed by atoms with Crippen molar-refractivity contribution in [3.8, 4) is 5.75 Å². The number of ether oxygens (including phenoxy) is 1. The van der Waals surface area contributed by atoms with Crippen LogP contribution in [0.25, 0.3) is 0 Å². The molecular formula is C17H14Cl3NO3. The number of ketones is 1. The summed E-state index contributed by atoms with van der Waals surface area (Å²) in [6, 6.07) is 9.41. The van der Waals surface area contributed by atoms with Gasteiger partial charge in [-0.3, -0.25) is 9.59 Å². The molecule has 4 nitrogen and oxygen atoms in total. The zero-order valence-electron chi connectivity index (χ0n) is 12.7. The Morgan fingerprint density at radius 1 is 1.04 bits per heavy atom. The van der Waals surface area contributed by atoms with Crippen molar-refractivity contribution in [1.29, 1.82) is 0 Å². The Labute approximate surface area is 154 Å². The number of carbonyl (C=O) groups excluding carboxylic acids is 2. The number of Topliss-reactive ketones (excluding diaryl/α,β-unsaturated/α-hetero) is 1. The predicted octanol–water partition coefficient (Wildman–Crippen LogP) is 5.26. The van der Waals surface area contributed by atoms with Gasteiger partial charge in [-0.2, -0.15) is 0 Å². The Bertz CT molecular complexity index is 778. The fraction of sp³-hybridized carbons (Fsp3) is 0.176. The molecule has 0 unspecified atom stereocenters. The third kappa shape index (κ3) is 4.87. The molecule has 0 spiro atoms. The van der Waals surface area contributed by atoms with Crippen LogP contribution in [-0.4, -0.2) is 18.3 Å². The van der Waals surface area contributed by atoms with Crippen LogP contribution in [-0.2, 0) is 4.79 Å². The zero-order chi connectivity index (χ0) is 17.7. The normalized spacial score (nSPS) is 10.3. The fourth-order valence-corrected chi connectivity index (χ4v) is 2.47. The smallest absolute Gasteiger partial charge is 0.262 e. The molecule has 0 bridgehead atoms. The van der Waals surface area contributed by atoms with Gasteiger partial charge >= 0.3 is 0 Å². The van der Waals surface area contributed by atoms with Crippen LogP contribution in [0.2, 0.25) is 15.1 Å². The average Bonchev–Trinajstić information content (AvgIpc) is 2.56. The van der Waals surface area contributed by atoms with Gasteiger partial charge in [0.2, 0.25) is 0 Å². The molecule has 7 heteroatoms. The van der Waals surface area contributed by atoms with E-state index >= 15 is 0 Å². The molecule has 24 heavy (non-hydrogen) atoms. The van der Waals surface area contributed by atoms with Gasteiger partial charge in [-0.15, -0.1) is 0 Å². The summed E-state index contributed by atoms with van der Waals surface area (Å²) in [7, 11) is 0. The molecule has 1 amide bonds. The van der Waals surface area contributed by atoms with E-state index in [-0.39, 0.29) is 12.4 Å². The van der Waals surface area contributed by atoms with Crippen LogP contribution in [0.5, 0.6) is 5.75 Å². The van der Waals surface area contributed by atoms with Gasteiger partial charge < -0.3 is 10.1 Å². The van der Waals surface area contributed by atoms with Crippen molar-refractivity contribution in [2.45, 2.75) is 13.3 Å². The molecule has 0 aliphatic rings. The Morgan fingerprint density at radius 3 is 2.42 bits per heavy atom. The molecule has 0 aromatic heterocycles. The summed E-state index contributed by atoms with van der Waals surface area (Å²) in [6.45, 7) is 1.45. The van der Waals surface area contributed by atoms with Crippen molar-refractivity contribution in [3.05, 3.63) is 57.0 Å². The van der Waals surface area contributed by atoms with E-state index in [1.807, 2.05) is 0 Å². The monoisotopic (exact) mass is 385 g/mol. The number of halogens is 3. The lowest BCUT2D eigenvalue weighted by molar-refractivity contribution is -0.118. The van der Waals surface area contributed by atoms with Gasteiger partial charge in [0.25, 0.3) is 5.91 Å². The van der Waals surface area contributed by atoms with Gasteiger partial charge in [-0.25, -0.2) is 0 Å². The van der Waals surface area contributed by atoms with Crippen LogP contribution in [0.1, 0.15) is 23.7 Å². The highest BCUT2D eigenvalue weighted by molar-refractivity contribution is 6.35. The summed E-state index contributed by atoms with van der Waals surface area (Å²) in [5.41, 5.74) is 0.734. The third-order valence-electron chi connectivity index (χ3n) is 3.12. The van der Waals surface area contributed by atoms with Gasteiger partial charge in [0.05, 0.1) is 16.3 Å². The Kier molecular flexibility index (Phi) is 6.49. The lowest BCUT2D eigenvalue weighted by atomic mass is 10.1. The summed E-state index contributed by atoms with van der Waals surface area (Å²) in [5.74, 6) is -0.242. The molecular weight excluding hydrogens is 373 g/mol. The molecule has 126 valence electrons. The molecule has 2 aromatic carbocycles. The quantitative estimate of drug-likeness (QED) is 0.689. The highest BCUT2D eigenvalue weighted by atomic mass is 35.5. The highest BCUT2D eigenvalue weighted by Gasteiger charge is 2.14. The number of hydrogen-bond acceptors (Lipinski definition) is 3. The summed E-state index contributed by atoms with van der Waals surface area (Å²) in [5, 5.41) is 3.84. The van der Waals surface area contributed by atoms with Crippen molar-refractivity contribution < 1.29 is 14.3 Å². The molecule has 0 heterocycles. The largest absolute Gasteiger partial charge is 0.483 e. The molecule has 0 atom stereocenters. The van der Waals surface area contributed by atoms with Crippen LogP contribution in [0.3, 0.4) is 0 Å². The van der Waals surface area contributed by atoms with E-state index in [4.69, 9.17) is 39.5 Å². The first-order valence-corrected chi connectivity index (χ1v) is 8.24. The van der Waals surface area contributed by atoms with E-state index < -0.39 is 5.91 Å². The number of rotatable bonds is 6. The van der Waals surface area contributed by atoms with Crippen molar-refractivity contribution in [1.82, 2.24) is 0 Å². The van der Waals surface area contributed by atoms with E-state index in [0.717, 1.165) is 0 Å². The SMILES string of the molecule is CCC(=O)c1cc(Cl)ccc1OCC(=O)Nc1cc(Cl)ccc1Cl. The Morgan fingerprint density at radius 2 is 1.71 bits per heavy atom. The molecule has 0 fully saturated rings. The zero-order valence-corrected chi connectivity index (χ0v) is 15.0. The maximum absolute atomic E-state index is 12.0. The van der Waals surface area contributed by atoms with Crippen molar-refractivity contribution >= 4 is 52.2 Å². The first kappa shape index (κ1) is 18.6. The number of benzene rings is 2. The van der Waals surface area contributed by atoms with Crippen molar-refractivity contribution in [2.24, 2.45) is 0 Å². The first-order chi connectivity index (χ1) is 11.4. The second kappa shape index (κ2) is 8.38. The predicted molar refractivity (Wildman–Crippen MR) is 96.7 cm³/mol. The van der Waals surface area contributed by atoms with Crippen LogP contribution in [0.4, 0.5) is 5.69 Å². The third-order valence-corrected chi connectivity index (χ3v) is 3.92. The maximum Gasteiger partial charge on any atom is 0.262 e. The molecule has 0 radical (unpaired) electrons. The fourth-order valence-electron chi connectivity index (χ4n) is 1.96. The van der Waals surface area contributed by atoms with E-state index in [1.54, 1.807) is 31.2 Å². The first-order valence-electron chi connectivity index (χ1n) is 7.11. The molecule has 0 aliphatic heterocycles. The molecule has 0 aliphatic carbocycles. The summed E-state index contributed by atoms with van der Waals surface area (Å²) in [6.07, 6.45) is 0.307. The minimum absolute atomic E-state index is 0.120. The van der Waals surface area contributed by atoms with Crippen LogP contribution >= 0.6 is 34.8 Å². The van der Waals surface area contributed by atoms with E-state index in [2.05, 4.69) is 5.32 Å². The van der Waals surface area contributed by atoms with E-state index in [0.29, 0.717) is 38.5 Å². The lowest BCUT2D eigenvalue weighted by Gasteiger charge is -2.12. The molecule has 1 N–H and O–H groups in total. The standard InChI is InChI=1S/C17H14Cl3NO3/c1-2-15(22)12-7-10(18)4-6-16(12)24-9-17(23)21-14-8-11(19)3-5-13(14)20/h3-8H,2,9H2,1H3,(H,21,23). The van der Waals surface area contributed by atoms with Gasteiger partial charge in [-0.05, 0) is 36.4 Å². The second-order valence-corrected chi connectivity index (χ2v) is 6.16. The second-order valence-electron chi connectivity index (χ2n) is 4.88. The van der Waals surface area contributed by atoms with E-state index in [9.17, 15) is 9.59 Å². The van der Waals surface area contributed by atoms with Crippen LogP contribution in [0.15, 0.2) is 36.4 Å². The minimum Gasteiger partial charge on any atom is -0.483 e. The minimum atomic E-state index is -0.427. The van der Waals surface area contributed by atoms with Gasteiger partial charge in [-0.1, -0.05) is 41.7 Å². The van der Waals surface area contributed by atoms with Crippen molar-refractivity contribution in [2.75, 3.05) is 11.9 Å². The summed E-state index contributed by atoms with van der Waals surface area (Å²) in [4.78, 5) is 24.0. The van der Waals surface area contributed by atoms with Gasteiger partial charge in [0.15, 0.2) is 12.4 Å². The number of amides is 1. The molecule has 0 saturated heterocycles. The number of anilines is 1. The summed E-state index contributed by atoms with van der Waals surface area (Å²) < 4.78 is 5.45. The number of nitrogens with one attached hydrogen (secondary N) is 1. The number of carbonyl (C=O) groups is 2. The topological polar surface area (TPSA) is 55.4 Å². The van der Waals surface area contributed by atoms with Gasteiger partial charge in [0, 0.05) is 16.5 Å². The highest BCUT2D eigenvalue weighted by Crippen LogP contribution is 2.26. The van der Waals surface area contributed by atoms with Gasteiger partial charge in [0.1, 0.15) is 5.75 Å². The lowest BCUT2D eigenvalue weighted by Crippen LogP contribution is -2.21. The molecule has 2 aromatic rings. The Balaban J connectivity index is 2.07. The van der Waals surface area contributed by atoms with Crippen molar-refractivity contribution in [3.63, 3.8) is 0 Å². The Hall–Kier alpha value is -1.75. The summed E-state index contributed by atoms with van der Waals surface area (Å²) >= 11 is 17.8. The maximum atomic E-state index is 12.0.